The number of aliphatic hydroxyl groups is 1. The Labute approximate surface area is 99.0 Å². The molecule has 2 aliphatic heterocycles. The van der Waals surface area contributed by atoms with Crippen LogP contribution < -0.4 is 10.6 Å². The van der Waals surface area contributed by atoms with Crippen molar-refractivity contribution in [1.82, 2.24) is 10.6 Å². The van der Waals surface area contributed by atoms with Gasteiger partial charge in [-0.15, -0.1) is 0 Å². The van der Waals surface area contributed by atoms with E-state index >= 15 is 0 Å². The van der Waals surface area contributed by atoms with E-state index in [4.69, 9.17) is 0 Å². The van der Waals surface area contributed by atoms with Gasteiger partial charge < -0.3 is 15.7 Å². The van der Waals surface area contributed by atoms with Crippen LogP contribution in [-0.4, -0.2) is 36.4 Å². The zero-order chi connectivity index (χ0) is 11.4. The van der Waals surface area contributed by atoms with Crippen molar-refractivity contribution in [2.45, 2.75) is 57.1 Å². The van der Waals surface area contributed by atoms with Crippen molar-refractivity contribution in [3.05, 3.63) is 0 Å². The van der Waals surface area contributed by atoms with E-state index in [-0.39, 0.29) is 0 Å². The Morgan fingerprint density at radius 3 is 2.94 bits per heavy atom. The summed E-state index contributed by atoms with van der Waals surface area (Å²) in [5.74, 6) is 0.812. The topological polar surface area (TPSA) is 44.3 Å². The minimum Gasteiger partial charge on any atom is -0.388 e. The quantitative estimate of drug-likeness (QED) is 0.664. The maximum absolute atomic E-state index is 10.8. The summed E-state index contributed by atoms with van der Waals surface area (Å²) in [6.45, 7) is 5.38. The van der Waals surface area contributed by atoms with Gasteiger partial charge in [0.05, 0.1) is 5.60 Å². The van der Waals surface area contributed by atoms with Crippen LogP contribution in [0.5, 0.6) is 0 Å². The minimum atomic E-state index is -0.461. The zero-order valence-electron chi connectivity index (χ0n) is 10.5. The molecule has 2 rings (SSSR count). The number of rotatable bonds is 2. The van der Waals surface area contributed by atoms with Gasteiger partial charge in [0.15, 0.2) is 0 Å². The van der Waals surface area contributed by atoms with E-state index in [0.717, 1.165) is 51.2 Å². The average Bonchev–Trinajstić information content (AvgIpc) is 2.55. The van der Waals surface area contributed by atoms with E-state index in [2.05, 4.69) is 17.6 Å². The Balaban J connectivity index is 1.97. The first-order valence-corrected chi connectivity index (χ1v) is 6.91. The molecule has 0 aliphatic carbocycles. The highest BCUT2D eigenvalue weighted by atomic mass is 16.3. The molecule has 0 aromatic heterocycles. The molecule has 0 bridgehead atoms. The molecule has 0 aromatic carbocycles. The summed E-state index contributed by atoms with van der Waals surface area (Å²) in [6, 6.07) is 0.325. The standard InChI is InChI=1S/C13H26N2O/c1-2-11-4-8-15-12(10-11)13(16)5-3-7-14-9-6-13/h11-12,14-16H,2-10H2,1H3. The second kappa shape index (κ2) is 5.48. The maximum atomic E-state index is 10.8. The predicted octanol–water partition coefficient (Wildman–Crippen LogP) is 1.27. The zero-order valence-corrected chi connectivity index (χ0v) is 10.5. The molecule has 3 atom stereocenters. The molecule has 0 amide bonds. The Morgan fingerprint density at radius 2 is 2.12 bits per heavy atom. The lowest BCUT2D eigenvalue weighted by atomic mass is 9.78. The highest BCUT2D eigenvalue weighted by molar-refractivity contribution is 4.96. The lowest BCUT2D eigenvalue weighted by Crippen LogP contribution is -2.54. The molecule has 3 unspecified atom stereocenters. The molecule has 3 N–H and O–H groups in total. The van der Waals surface area contributed by atoms with Crippen LogP contribution >= 0.6 is 0 Å². The monoisotopic (exact) mass is 226 g/mol. The summed E-state index contributed by atoms with van der Waals surface area (Å²) in [7, 11) is 0. The van der Waals surface area contributed by atoms with Gasteiger partial charge >= 0.3 is 0 Å². The molecular formula is C13H26N2O. The highest BCUT2D eigenvalue weighted by Crippen LogP contribution is 2.31. The van der Waals surface area contributed by atoms with E-state index in [1.165, 1.54) is 12.8 Å². The van der Waals surface area contributed by atoms with Crippen LogP contribution in [-0.2, 0) is 0 Å². The smallest absolute Gasteiger partial charge is 0.0812 e. The third kappa shape index (κ3) is 2.76. The van der Waals surface area contributed by atoms with Gasteiger partial charge in [0, 0.05) is 6.04 Å². The summed E-state index contributed by atoms with van der Waals surface area (Å²) >= 11 is 0. The van der Waals surface area contributed by atoms with Gasteiger partial charge in [0.1, 0.15) is 0 Å². The SMILES string of the molecule is CCC1CCNC(C2(O)CCCNCC2)C1. The number of hydrogen-bond donors (Lipinski definition) is 3. The second-order valence-corrected chi connectivity index (χ2v) is 5.51. The molecule has 2 fully saturated rings. The fourth-order valence-electron chi connectivity index (χ4n) is 3.20. The third-order valence-corrected chi connectivity index (χ3v) is 4.44. The van der Waals surface area contributed by atoms with Gasteiger partial charge in [-0.05, 0) is 57.7 Å². The first-order valence-electron chi connectivity index (χ1n) is 6.91. The van der Waals surface area contributed by atoms with Gasteiger partial charge in [-0.3, -0.25) is 0 Å². The van der Waals surface area contributed by atoms with Gasteiger partial charge in [-0.1, -0.05) is 13.3 Å². The van der Waals surface area contributed by atoms with Crippen LogP contribution in [0.15, 0.2) is 0 Å². The third-order valence-electron chi connectivity index (χ3n) is 4.44. The minimum absolute atomic E-state index is 0.325. The Morgan fingerprint density at radius 1 is 1.25 bits per heavy atom. The summed E-state index contributed by atoms with van der Waals surface area (Å²) in [5, 5.41) is 17.7. The normalized spacial score (nSPS) is 41.6. The van der Waals surface area contributed by atoms with Crippen molar-refractivity contribution in [2.24, 2.45) is 5.92 Å². The number of nitrogens with one attached hydrogen (secondary N) is 2. The summed E-state index contributed by atoms with van der Waals surface area (Å²) in [4.78, 5) is 0. The van der Waals surface area contributed by atoms with Gasteiger partial charge in [0.2, 0.25) is 0 Å². The molecule has 2 aliphatic rings. The fourth-order valence-corrected chi connectivity index (χ4v) is 3.20. The van der Waals surface area contributed by atoms with Crippen molar-refractivity contribution in [1.29, 1.82) is 0 Å². The van der Waals surface area contributed by atoms with Crippen LogP contribution in [0.25, 0.3) is 0 Å². The molecule has 0 radical (unpaired) electrons. The Hall–Kier alpha value is -0.120. The fraction of sp³-hybridized carbons (Fsp3) is 1.00. The van der Waals surface area contributed by atoms with Gasteiger partial charge in [-0.25, -0.2) is 0 Å². The molecule has 0 spiro atoms. The molecule has 0 saturated carbocycles. The van der Waals surface area contributed by atoms with E-state index in [0.29, 0.717) is 6.04 Å². The molecule has 94 valence electrons. The number of hydrogen-bond acceptors (Lipinski definition) is 3. The predicted molar refractivity (Wildman–Crippen MR) is 66.5 cm³/mol. The Bertz CT molecular complexity index is 212. The van der Waals surface area contributed by atoms with E-state index in [1.54, 1.807) is 0 Å². The molecular weight excluding hydrogens is 200 g/mol. The van der Waals surface area contributed by atoms with Crippen LogP contribution in [0.3, 0.4) is 0 Å². The first-order chi connectivity index (χ1) is 7.74. The lowest BCUT2D eigenvalue weighted by molar-refractivity contribution is -0.0248. The van der Waals surface area contributed by atoms with Crippen molar-refractivity contribution < 1.29 is 5.11 Å². The molecule has 3 nitrogen and oxygen atoms in total. The molecule has 16 heavy (non-hydrogen) atoms. The maximum Gasteiger partial charge on any atom is 0.0812 e. The van der Waals surface area contributed by atoms with E-state index in [1.807, 2.05) is 0 Å². The van der Waals surface area contributed by atoms with Gasteiger partial charge in [0.25, 0.3) is 0 Å². The van der Waals surface area contributed by atoms with Crippen LogP contribution in [0.1, 0.15) is 45.4 Å². The number of piperidine rings is 1. The van der Waals surface area contributed by atoms with Crippen LogP contribution in [0, 0.1) is 5.92 Å². The molecule has 0 aromatic rings. The lowest BCUT2D eigenvalue weighted by Gasteiger charge is -2.41. The average molecular weight is 226 g/mol. The largest absolute Gasteiger partial charge is 0.388 e. The summed E-state index contributed by atoms with van der Waals surface area (Å²) < 4.78 is 0. The Kier molecular flexibility index (Phi) is 4.22. The van der Waals surface area contributed by atoms with E-state index < -0.39 is 5.60 Å². The van der Waals surface area contributed by atoms with Crippen LogP contribution in [0.4, 0.5) is 0 Å². The molecule has 2 saturated heterocycles. The summed E-state index contributed by atoms with van der Waals surface area (Å²) in [6.07, 6.45) is 6.65. The van der Waals surface area contributed by atoms with E-state index in [9.17, 15) is 5.11 Å². The first kappa shape index (κ1) is 12.3. The van der Waals surface area contributed by atoms with Crippen molar-refractivity contribution in [3.63, 3.8) is 0 Å². The van der Waals surface area contributed by atoms with Crippen LogP contribution in [0.2, 0.25) is 0 Å². The van der Waals surface area contributed by atoms with Crippen molar-refractivity contribution >= 4 is 0 Å². The van der Waals surface area contributed by atoms with Gasteiger partial charge in [-0.2, -0.15) is 0 Å². The molecule has 2 heterocycles. The van der Waals surface area contributed by atoms with Crippen molar-refractivity contribution in [3.8, 4) is 0 Å². The highest BCUT2D eigenvalue weighted by Gasteiger charge is 2.39. The molecule has 3 heteroatoms. The van der Waals surface area contributed by atoms with Crippen molar-refractivity contribution in [2.75, 3.05) is 19.6 Å². The second-order valence-electron chi connectivity index (χ2n) is 5.51. The summed E-state index contributed by atoms with van der Waals surface area (Å²) in [5.41, 5.74) is -0.461.